The minimum absolute atomic E-state index is 0.941. The standard InChI is InChI=1S/C5H11N6/c6-7-8-9-10-11-4-2-1-3-5-11/h1-5H2,(H-,6,8,10)/q-1. The summed E-state index contributed by atoms with van der Waals surface area (Å²) in [5.74, 6) is 6.31. The van der Waals surface area contributed by atoms with Gasteiger partial charge in [-0.25, -0.2) is 5.22 Å². The Labute approximate surface area is 65.1 Å². The van der Waals surface area contributed by atoms with E-state index in [1.165, 1.54) is 6.42 Å². The van der Waals surface area contributed by atoms with Gasteiger partial charge < -0.3 is 5.84 Å². The highest BCUT2D eigenvalue weighted by Crippen LogP contribution is 2.08. The highest BCUT2D eigenvalue weighted by Gasteiger charge is 2.05. The predicted octanol–water partition coefficient (Wildman–Crippen LogP) is 2.17. The maximum Gasteiger partial charge on any atom is 0.0377 e. The molecule has 6 heteroatoms. The smallest absolute Gasteiger partial charge is 0.0377 e. The first-order valence-corrected chi connectivity index (χ1v) is 3.66. The average Bonchev–Trinajstić information content (AvgIpc) is 2.07. The molecule has 6 nitrogen and oxygen atoms in total. The van der Waals surface area contributed by atoms with Gasteiger partial charge in [0.15, 0.2) is 0 Å². The van der Waals surface area contributed by atoms with E-state index in [0.29, 0.717) is 0 Å². The Morgan fingerprint density at radius 1 is 1.00 bits per heavy atom. The van der Waals surface area contributed by atoms with Crippen molar-refractivity contribution < 1.29 is 0 Å². The van der Waals surface area contributed by atoms with E-state index in [1.807, 2.05) is 5.01 Å². The molecule has 0 spiro atoms. The van der Waals surface area contributed by atoms with Gasteiger partial charge in [0, 0.05) is 13.1 Å². The fourth-order valence-corrected chi connectivity index (χ4v) is 1.06. The summed E-state index contributed by atoms with van der Waals surface area (Å²) in [6, 6.07) is 0. The van der Waals surface area contributed by atoms with E-state index in [9.17, 15) is 0 Å². The van der Waals surface area contributed by atoms with Gasteiger partial charge >= 0.3 is 0 Å². The Morgan fingerprint density at radius 2 is 1.73 bits per heavy atom. The van der Waals surface area contributed by atoms with Crippen molar-refractivity contribution in [2.75, 3.05) is 13.1 Å². The second kappa shape index (κ2) is 4.59. The first kappa shape index (κ1) is 7.90. The summed E-state index contributed by atoms with van der Waals surface area (Å²) in [5.41, 5.74) is 0. The van der Waals surface area contributed by atoms with Crippen molar-refractivity contribution in [3.05, 3.63) is 5.84 Å². The fourth-order valence-electron chi connectivity index (χ4n) is 1.06. The maximum absolute atomic E-state index is 6.31. The third-order valence-corrected chi connectivity index (χ3v) is 1.58. The van der Waals surface area contributed by atoms with E-state index < -0.39 is 0 Å². The normalized spacial score (nSPS) is 20.2. The molecule has 0 aromatic rings. The molecule has 1 aliphatic rings. The molecule has 0 saturated carbocycles. The third kappa shape index (κ3) is 2.92. The van der Waals surface area contributed by atoms with Gasteiger partial charge in [0.25, 0.3) is 0 Å². The molecule has 11 heavy (non-hydrogen) atoms. The van der Waals surface area contributed by atoms with Crippen molar-refractivity contribution in [1.82, 2.24) is 5.01 Å². The molecule has 0 amide bonds. The van der Waals surface area contributed by atoms with Crippen LogP contribution in [0.4, 0.5) is 0 Å². The predicted molar refractivity (Wildman–Crippen MR) is 39.5 cm³/mol. The molecular weight excluding hydrogens is 144 g/mol. The lowest BCUT2D eigenvalue weighted by Gasteiger charge is -2.21. The van der Waals surface area contributed by atoms with Crippen LogP contribution < -0.4 is 0 Å². The fraction of sp³-hybridized carbons (Fsp3) is 1.00. The van der Waals surface area contributed by atoms with Crippen molar-refractivity contribution in [2.24, 2.45) is 20.9 Å². The highest BCUT2D eigenvalue weighted by molar-refractivity contribution is 4.58. The molecule has 1 rings (SSSR count). The number of piperidine rings is 1. The van der Waals surface area contributed by atoms with Gasteiger partial charge in [-0.05, 0) is 19.3 Å². The Hall–Kier alpha value is -1.20. The Morgan fingerprint density at radius 3 is 2.36 bits per heavy atom. The van der Waals surface area contributed by atoms with Gasteiger partial charge in [-0.1, -0.05) is 5.22 Å². The van der Waals surface area contributed by atoms with Crippen molar-refractivity contribution in [3.63, 3.8) is 0 Å². The summed E-state index contributed by atoms with van der Waals surface area (Å²) in [5, 5.41) is 14.7. The molecule has 1 N–H and O–H groups in total. The van der Waals surface area contributed by atoms with Crippen LogP contribution in [0.1, 0.15) is 19.3 Å². The van der Waals surface area contributed by atoms with Gasteiger partial charge in [-0.2, -0.15) is 0 Å². The zero-order chi connectivity index (χ0) is 7.94. The summed E-state index contributed by atoms with van der Waals surface area (Å²) in [6.07, 6.45) is 3.60. The van der Waals surface area contributed by atoms with Crippen LogP contribution in [0.2, 0.25) is 0 Å². The van der Waals surface area contributed by atoms with Crippen LogP contribution >= 0.6 is 0 Å². The van der Waals surface area contributed by atoms with Gasteiger partial charge in [0.2, 0.25) is 0 Å². The molecule has 0 unspecified atom stereocenters. The monoisotopic (exact) mass is 155 g/mol. The van der Waals surface area contributed by atoms with E-state index in [4.69, 9.17) is 5.84 Å². The molecule has 0 aromatic carbocycles. The van der Waals surface area contributed by atoms with Gasteiger partial charge in [0.1, 0.15) is 0 Å². The molecule has 0 radical (unpaired) electrons. The summed E-state index contributed by atoms with van der Waals surface area (Å²) >= 11 is 0. The zero-order valence-corrected chi connectivity index (χ0v) is 6.27. The Balaban J connectivity index is 2.23. The van der Waals surface area contributed by atoms with Crippen LogP contribution in [0.3, 0.4) is 0 Å². The van der Waals surface area contributed by atoms with Crippen LogP contribution in [0, 0.1) is 0 Å². The second-order valence-corrected chi connectivity index (χ2v) is 2.38. The van der Waals surface area contributed by atoms with Gasteiger partial charge in [-0.15, -0.1) is 5.22 Å². The van der Waals surface area contributed by atoms with Crippen LogP contribution in [-0.2, 0) is 0 Å². The first-order chi connectivity index (χ1) is 5.43. The van der Waals surface area contributed by atoms with E-state index in [0.717, 1.165) is 25.9 Å². The summed E-state index contributed by atoms with van der Waals surface area (Å²) in [4.78, 5) is 0. The van der Waals surface area contributed by atoms with Crippen molar-refractivity contribution in [2.45, 2.75) is 19.3 Å². The summed E-state index contributed by atoms with van der Waals surface area (Å²) < 4.78 is 0. The highest BCUT2D eigenvalue weighted by atomic mass is 15.6. The minimum Gasteiger partial charge on any atom is -0.397 e. The van der Waals surface area contributed by atoms with E-state index in [2.05, 4.69) is 20.9 Å². The van der Waals surface area contributed by atoms with Crippen LogP contribution in [0.15, 0.2) is 20.9 Å². The van der Waals surface area contributed by atoms with Gasteiger partial charge in [-0.3, -0.25) is 10.2 Å². The first-order valence-electron chi connectivity index (χ1n) is 3.66. The maximum atomic E-state index is 6.31. The third-order valence-electron chi connectivity index (χ3n) is 1.58. The number of nitrogens with zero attached hydrogens (tertiary/aromatic N) is 5. The molecule has 0 atom stereocenters. The zero-order valence-electron chi connectivity index (χ0n) is 6.27. The minimum atomic E-state index is 0.941. The SMILES string of the molecule is [NH-]/N=N/N=N/N1CCCCC1. The van der Waals surface area contributed by atoms with E-state index in [-0.39, 0.29) is 0 Å². The number of hydrogen-bond acceptors (Lipinski definition) is 2. The molecule has 1 saturated heterocycles. The summed E-state index contributed by atoms with van der Waals surface area (Å²) in [7, 11) is 0. The number of rotatable bonds is 2. The van der Waals surface area contributed by atoms with Crippen LogP contribution in [0.25, 0.3) is 5.84 Å². The molecule has 62 valence electrons. The molecular formula is C5H11N6-. The average molecular weight is 155 g/mol. The number of hydrogen-bond donors (Lipinski definition) is 0. The molecule has 1 fully saturated rings. The van der Waals surface area contributed by atoms with Gasteiger partial charge in [0.05, 0.1) is 0 Å². The number of nitrogens with one attached hydrogen (secondary N) is 1. The second-order valence-electron chi connectivity index (χ2n) is 2.38. The lowest BCUT2D eigenvalue weighted by molar-refractivity contribution is 0.221. The topological polar surface area (TPSA) is 76.5 Å². The largest absolute Gasteiger partial charge is 0.397 e. The molecule has 0 bridgehead atoms. The van der Waals surface area contributed by atoms with Crippen molar-refractivity contribution >= 4 is 0 Å². The lowest BCUT2D eigenvalue weighted by atomic mass is 10.2. The summed E-state index contributed by atoms with van der Waals surface area (Å²) in [6.45, 7) is 1.88. The quantitative estimate of drug-likeness (QED) is 0.444. The van der Waals surface area contributed by atoms with Crippen molar-refractivity contribution in [1.29, 1.82) is 0 Å². The molecule has 1 heterocycles. The van der Waals surface area contributed by atoms with E-state index in [1.54, 1.807) is 0 Å². The Bertz CT molecular complexity index is 147. The molecule has 1 aliphatic heterocycles. The Kier molecular flexibility index (Phi) is 3.30. The molecule has 0 aliphatic carbocycles. The van der Waals surface area contributed by atoms with Crippen molar-refractivity contribution in [3.8, 4) is 0 Å². The van der Waals surface area contributed by atoms with E-state index >= 15 is 0 Å². The van der Waals surface area contributed by atoms with Crippen LogP contribution in [-0.4, -0.2) is 18.1 Å². The van der Waals surface area contributed by atoms with Crippen LogP contribution in [0.5, 0.6) is 0 Å². The lowest BCUT2D eigenvalue weighted by Crippen LogP contribution is -2.23. The molecule has 0 aromatic heterocycles.